The Labute approximate surface area is 80.1 Å². The van der Waals surface area contributed by atoms with Gasteiger partial charge in [0.25, 0.3) is 0 Å². The monoisotopic (exact) mass is 256 g/mol. The minimum atomic E-state index is -3.00. The van der Waals surface area contributed by atoms with E-state index in [4.69, 9.17) is 5.11 Å². The Kier molecular flexibility index (Phi) is 3.02. The van der Waals surface area contributed by atoms with Crippen molar-refractivity contribution in [3.05, 3.63) is 22.4 Å². The molecule has 1 N–H and O–H groups in total. The quantitative estimate of drug-likeness (QED) is 0.882. The largest absolute Gasteiger partial charge is 0.505 e. The third kappa shape index (κ3) is 2.51. The topological polar surface area (TPSA) is 29.5 Å². The standard InChI is InChI=1S/C7H4BrF3O2/c8-4-1-3(13-7(10)11)2-5(12)6(4)9/h1-2,7,12H. The van der Waals surface area contributed by atoms with Crippen LogP contribution in [0.4, 0.5) is 13.2 Å². The van der Waals surface area contributed by atoms with Crippen LogP contribution in [0.1, 0.15) is 0 Å². The van der Waals surface area contributed by atoms with Gasteiger partial charge in [-0.15, -0.1) is 0 Å². The van der Waals surface area contributed by atoms with Gasteiger partial charge in [-0.3, -0.25) is 0 Å². The number of rotatable bonds is 2. The fraction of sp³-hybridized carbons (Fsp3) is 0.143. The Morgan fingerprint density at radius 3 is 2.46 bits per heavy atom. The van der Waals surface area contributed by atoms with Crippen molar-refractivity contribution in [3.8, 4) is 11.5 Å². The van der Waals surface area contributed by atoms with Crippen LogP contribution in [0.2, 0.25) is 0 Å². The normalized spacial score (nSPS) is 10.5. The molecule has 0 bridgehead atoms. The van der Waals surface area contributed by atoms with Crippen molar-refractivity contribution >= 4 is 15.9 Å². The number of halogens is 4. The van der Waals surface area contributed by atoms with Gasteiger partial charge in [-0.2, -0.15) is 8.78 Å². The van der Waals surface area contributed by atoms with E-state index in [1.165, 1.54) is 0 Å². The summed E-state index contributed by atoms with van der Waals surface area (Å²) in [6, 6.07) is 1.77. The third-order valence-corrected chi connectivity index (χ3v) is 1.78. The molecule has 13 heavy (non-hydrogen) atoms. The molecule has 0 spiro atoms. The number of hydrogen-bond acceptors (Lipinski definition) is 2. The molecule has 0 unspecified atom stereocenters. The maximum atomic E-state index is 12.7. The third-order valence-electron chi connectivity index (χ3n) is 1.21. The summed E-state index contributed by atoms with van der Waals surface area (Å²) in [6.45, 7) is -3.00. The summed E-state index contributed by atoms with van der Waals surface area (Å²) < 4.78 is 39.9. The van der Waals surface area contributed by atoms with E-state index in [9.17, 15) is 13.2 Å². The summed E-state index contributed by atoms with van der Waals surface area (Å²) in [4.78, 5) is 0. The lowest BCUT2D eigenvalue weighted by Crippen LogP contribution is -2.01. The zero-order valence-corrected chi connectivity index (χ0v) is 7.69. The van der Waals surface area contributed by atoms with Crippen LogP contribution in [-0.4, -0.2) is 11.7 Å². The highest BCUT2D eigenvalue weighted by molar-refractivity contribution is 9.10. The second-order valence-electron chi connectivity index (χ2n) is 2.12. The van der Waals surface area contributed by atoms with Crippen molar-refractivity contribution in [2.45, 2.75) is 6.61 Å². The predicted molar refractivity (Wildman–Crippen MR) is 42.4 cm³/mol. The van der Waals surface area contributed by atoms with Crippen LogP contribution in [0, 0.1) is 5.82 Å². The molecule has 1 aromatic carbocycles. The maximum Gasteiger partial charge on any atom is 0.387 e. The zero-order valence-electron chi connectivity index (χ0n) is 6.10. The first-order valence-electron chi connectivity index (χ1n) is 3.13. The molecule has 0 aliphatic heterocycles. The van der Waals surface area contributed by atoms with Crippen LogP contribution in [0.15, 0.2) is 16.6 Å². The number of benzene rings is 1. The van der Waals surface area contributed by atoms with Gasteiger partial charge < -0.3 is 9.84 Å². The van der Waals surface area contributed by atoms with Crippen LogP contribution < -0.4 is 4.74 Å². The van der Waals surface area contributed by atoms with Crippen LogP contribution in [0.5, 0.6) is 11.5 Å². The predicted octanol–water partition coefficient (Wildman–Crippen LogP) is 2.90. The maximum absolute atomic E-state index is 12.7. The van der Waals surface area contributed by atoms with Gasteiger partial charge in [-0.05, 0) is 22.0 Å². The van der Waals surface area contributed by atoms with Crippen molar-refractivity contribution in [2.24, 2.45) is 0 Å². The fourth-order valence-corrected chi connectivity index (χ4v) is 1.15. The molecule has 6 heteroatoms. The Bertz CT molecular complexity index is 294. The van der Waals surface area contributed by atoms with E-state index in [2.05, 4.69) is 20.7 Å². The first-order chi connectivity index (χ1) is 6.00. The van der Waals surface area contributed by atoms with Crippen LogP contribution >= 0.6 is 15.9 Å². The van der Waals surface area contributed by atoms with Gasteiger partial charge in [0.2, 0.25) is 0 Å². The minimum Gasteiger partial charge on any atom is -0.505 e. The molecule has 0 aliphatic carbocycles. The summed E-state index contributed by atoms with van der Waals surface area (Å²) >= 11 is 2.73. The van der Waals surface area contributed by atoms with Gasteiger partial charge in [-0.1, -0.05) is 0 Å². The smallest absolute Gasteiger partial charge is 0.387 e. The lowest BCUT2D eigenvalue weighted by molar-refractivity contribution is -0.0500. The number of phenols is 1. The van der Waals surface area contributed by atoms with Gasteiger partial charge in [0.15, 0.2) is 11.6 Å². The fourth-order valence-electron chi connectivity index (χ4n) is 0.721. The van der Waals surface area contributed by atoms with Gasteiger partial charge in [0, 0.05) is 6.07 Å². The Hall–Kier alpha value is -0.910. The van der Waals surface area contributed by atoms with Crippen molar-refractivity contribution in [2.75, 3.05) is 0 Å². The number of ether oxygens (including phenoxy) is 1. The van der Waals surface area contributed by atoms with Crippen molar-refractivity contribution in [1.29, 1.82) is 0 Å². The summed E-state index contributed by atoms with van der Waals surface area (Å²) in [7, 11) is 0. The summed E-state index contributed by atoms with van der Waals surface area (Å²) in [5, 5.41) is 8.86. The van der Waals surface area contributed by atoms with E-state index in [1.54, 1.807) is 0 Å². The summed E-state index contributed by atoms with van der Waals surface area (Å²) in [5.74, 6) is -1.97. The van der Waals surface area contributed by atoms with Gasteiger partial charge in [0.1, 0.15) is 5.75 Å². The highest BCUT2D eigenvalue weighted by atomic mass is 79.9. The second-order valence-corrected chi connectivity index (χ2v) is 2.97. The minimum absolute atomic E-state index is 0.136. The number of hydrogen-bond donors (Lipinski definition) is 1. The number of phenolic OH excluding ortho intramolecular Hbond substituents is 1. The van der Waals surface area contributed by atoms with Crippen molar-refractivity contribution in [1.82, 2.24) is 0 Å². The molecule has 2 nitrogen and oxygen atoms in total. The lowest BCUT2D eigenvalue weighted by atomic mass is 10.3. The Morgan fingerprint density at radius 2 is 2.00 bits per heavy atom. The van der Waals surface area contributed by atoms with Crippen molar-refractivity contribution in [3.63, 3.8) is 0 Å². The van der Waals surface area contributed by atoms with E-state index < -0.39 is 18.2 Å². The van der Waals surface area contributed by atoms with Crippen LogP contribution in [0.3, 0.4) is 0 Å². The molecule has 0 saturated heterocycles. The zero-order chi connectivity index (χ0) is 10.0. The Morgan fingerprint density at radius 1 is 1.38 bits per heavy atom. The number of alkyl halides is 2. The molecule has 1 rings (SSSR count). The lowest BCUT2D eigenvalue weighted by Gasteiger charge is -2.05. The van der Waals surface area contributed by atoms with Crippen LogP contribution in [0.25, 0.3) is 0 Å². The molecule has 0 aliphatic rings. The molecule has 0 heterocycles. The van der Waals surface area contributed by atoms with Gasteiger partial charge in [0.05, 0.1) is 4.47 Å². The summed E-state index contributed by atoms with van der Waals surface area (Å²) in [6.07, 6.45) is 0. The number of aromatic hydroxyl groups is 1. The Balaban J connectivity index is 2.99. The average molecular weight is 257 g/mol. The van der Waals surface area contributed by atoms with Crippen LogP contribution in [-0.2, 0) is 0 Å². The van der Waals surface area contributed by atoms with Crippen molar-refractivity contribution < 1.29 is 23.0 Å². The molecule has 1 aromatic rings. The SMILES string of the molecule is Oc1cc(OC(F)F)cc(Br)c1F. The van der Waals surface area contributed by atoms with Gasteiger partial charge >= 0.3 is 6.61 Å². The molecule has 0 fully saturated rings. The van der Waals surface area contributed by atoms with Gasteiger partial charge in [-0.25, -0.2) is 4.39 Å². The first kappa shape index (κ1) is 10.2. The highest BCUT2D eigenvalue weighted by Gasteiger charge is 2.11. The van der Waals surface area contributed by atoms with E-state index in [-0.39, 0.29) is 10.2 Å². The molecular weight excluding hydrogens is 253 g/mol. The highest BCUT2D eigenvalue weighted by Crippen LogP contribution is 2.30. The molecule has 72 valence electrons. The molecule has 0 amide bonds. The average Bonchev–Trinajstić information content (AvgIpc) is 1.98. The van der Waals surface area contributed by atoms with E-state index >= 15 is 0 Å². The first-order valence-corrected chi connectivity index (χ1v) is 3.93. The van der Waals surface area contributed by atoms with E-state index in [0.717, 1.165) is 12.1 Å². The van der Waals surface area contributed by atoms with E-state index in [0.29, 0.717) is 0 Å². The molecular formula is C7H4BrF3O2. The van der Waals surface area contributed by atoms with E-state index in [1.807, 2.05) is 0 Å². The molecule has 0 radical (unpaired) electrons. The summed E-state index contributed by atoms with van der Waals surface area (Å²) in [5.41, 5.74) is 0. The second kappa shape index (κ2) is 3.87. The molecule has 0 aromatic heterocycles. The molecule has 0 saturated carbocycles. The molecule has 0 atom stereocenters.